The quantitative estimate of drug-likeness (QED) is 0.752. The molecule has 0 radical (unpaired) electrons. The molecule has 112 valence electrons. The van der Waals surface area contributed by atoms with E-state index in [4.69, 9.17) is 0 Å². The number of hydrogen-bond donors (Lipinski definition) is 1. The molecule has 2 unspecified atom stereocenters. The van der Waals surface area contributed by atoms with Gasteiger partial charge in [-0.05, 0) is 55.4 Å². The number of fused-ring (bicyclic) bond motifs is 1. The van der Waals surface area contributed by atoms with Crippen LogP contribution in [-0.4, -0.2) is 24.4 Å². The second kappa shape index (κ2) is 5.84. The number of thioether (sulfide) groups is 1. The Hall–Kier alpha value is 0.100. The molecule has 2 atom stereocenters. The molecule has 2 aliphatic carbocycles. The molecule has 1 N–H and O–H groups in total. The van der Waals surface area contributed by atoms with Crippen LogP contribution in [0.15, 0.2) is 0 Å². The first-order valence-corrected chi connectivity index (χ1v) is 8.20. The topological polar surface area (TPSA) is 12.0 Å². The van der Waals surface area contributed by atoms with E-state index in [1.54, 1.807) is 0 Å². The van der Waals surface area contributed by atoms with Crippen molar-refractivity contribution in [3.05, 3.63) is 0 Å². The SMILES string of the molecule is CC(C)CNCC1(CCSC(F)(F)F)CC2CC2C1. The van der Waals surface area contributed by atoms with Gasteiger partial charge in [0.25, 0.3) is 0 Å². The van der Waals surface area contributed by atoms with Gasteiger partial charge in [0.2, 0.25) is 0 Å². The molecule has 0 heterocycles. The van der Waals surface area contributed by atoms with Crippen molar-refractivity contribution in [3.63, 3.8) is 0 Å². The van der Waals surface area contributed by atoms with E-state index in [2.05, 4.69) is 19.2 Å². The maximum absolute atomic E-state index is 12.2. The highest BCUT2D eigenvalue weighted by Crippen LogP contribution is 2.61. The summed E-state index contributed by atoms with van der Waals surface area (Å²) in [6.07, 6.45) is 4.30. The zero-order valence-electron chi connectivity index (χ0n) is 11.7. The fourth-order valence-corrected chi connectivity index (χ4v) is 4.22. The minimum absolute atomic E-state index is 0.140. The summed E-state index contributed by atoms with van der Waals surface area (Å²) in [4.78, 5) is 0. The first-order valence-electron chi connectivity index (χ1n) is 7.21. The van der Waals surface area contributed by atoms with Gasteiger partial charge in [0.05, 0.1) is 0 Å². The minimum Gasteiger partial charge on any atom is -0.316 e. The van der Waals surface area contributed by atoms with Crippen LogP contribution >= 0.6 is 11.8 Å². The van der Waals surface area contributed by atoms with Gasteiger partial charge in [-0.25, -0.2) is 0 Å². The lowest BCUT2D eigenvalue weighted by Crippen LogP contribution is -2.35. The van der Waals surface area contributed by atoms with Gasteiger partial charge in [-0.2, -0.15) is 13.2 Å². The molecule has 0 aromatic carbocycles. The van der Waals surface area contributed by atoms with Gasteiger partial charge in [0, 0.05) is 12.3 Å². The van der Waals surface area contributed by atoms with Crippen LogP contribution < -0.4 is 5.32 Å². The van der Waals surface area contributed by atoms with E-state index < -0.39 is 5.51 Å². The number of nitrogens with one attached hydrogen (secondary N) is 1. The van der Waals surface area contributed by atoms with E-state index >= 15 is 0 Å². The molecule has 5 heteroatoms. The van der Waals surface area contributed by atoms with Crippen LogP contribution in [0.5, 0.6) is 0 Å². The maximum Gasteiger partial charge on any atom is 0.441 e. The van der Waals surface area contributed by atoms with E-state index in [1.807, 2.05) is 0 Å². The molecule has 0 saturated heterocycles. The monoisotopic (exact) mass is 295 g/mol. The van der Waals surface area contributed by atoms with Crippen LogP contribution in [0.2, 0.25) is 0 Å². The van der Waals surface area contributed by atoms with Crippen LogP contribution in [0.1, 0.15) is 39.5 Å². The zero-order valence-corrected chi connectivity index (χ0v) is 12.5. The minimum atomic E-state index is -4.08. The average molecular weight is 295 g/mol. The Morgan fingerprint density at radius 3 is 2.42 bits per heavy atom. The van der Waals surface area contributed by atoms with Gasteiger partial charge in [-0.15, -0.1) is 0 Å². The summed E-state index contributed by atoms with van der Waals surface area (Å²) in [5.74, 6) is 2.44. The molecule has 0 spiro atoms. The highest BCUT2D eigenvalue weighted by atomic mass is 32.2. The molecule has 0 bridgehead atoms. The van der Waals surface area contributed by atoms with E-state index in [9.17, 15) is 13.2 Å². The van der Waals surface area contributed by atoms with Crippen molar-refractivity contribution in [3.8, 4) is 0 Å². The van der Waals surface area contributed by atoms with Crippen molar-refractivity contribution in [1.82, 2.24) is 5.32 Å². The summed E-state index contributed by atoms with van der Waals surface area (Å²) in [5, 5.41) is 3.47. The molecule has 0 aliphatic heterocycles. The van der Waals surface area contributed by atoms with Gasteiger partial charge in [-0.1, -0.05) is 25.6 Å². The Balaban J connectivity index is 1.78. The summed E-state index contributed by atoms with van der Waals surface area (Å²) in [6.45, 7) is 6.18. The van der Waals surface area contributed by atoms with Crippen molar-refractivity contribution in [2.45, 2.75) is 45.0 Å². The predicted octanol–water partition coefficient (Wildman–Crippen LogP) is 4.29. The van der Waals surface area contributed by atoms with Crippen molar-refractivity contribution < 1.29 is 13.2 Å². The molecule has 0 aromatic heterocycles. The van der Waals surface area contributed by atoms with Crippen LogP contribution in [0.4, 0.5) is 13.2 Å². The number of hydrogen-bond acceptors (Lipinski definition) is 2. The van der Waals surface area contributed by atoms with E-state index in [0.29, 0.717) is 12.3 Å². The third-order valence-corrected chi connectivity index (χ3v) is 5.15. The third kappa shape index (κ3) is 4.85. The van der Waals surface area contributed by atoms with Crippen LogP contribution in [0.3, 0.4) is 0 Å². The van der Waals surface area contributed by atoms with Crippen LogP contribution in [-0.2, 0) is 0 Å². The summed E-state index contributed by atoms with van der Waals surface area (Å²) in [6, 6.07) is 0. The van der Waals surface area contributed by atoms with Gasteiger partial charge in [-0.3, -0.25) is 0 Å². The lowest BCUT2D eigenvalue weighted by molar-refractivity contribution is -0.0329. The van der Waals surface area contributed by atoms with Crippen molar-refractivity contribution in [2.24, 2.45) is 23.2 Å². The summed E-state index contributed by atoms with van der Waals surface area (Å²) < 4.78 is 36.7. The number of rotatable bonds is 7. The van der Waals surface area contributed by atoms with E-state index in [0.717, 1.165) is 37.8 Å². The maximum atomic E-state index is 12.2. The number of halogens is 3. The first kappa shape index (κ1) is 15.5. The molecule has 2 rings (SSSR count). The summed E-state index contributed by atoms with van der Waals surface area (Å²) in [7, 11) is 0. The van der Waals surface area contributed by atoms with Crippen LogP contribution in [0, 0.1) is 23.2 Å². The third-order valence-electron chi connectivity index (χ3n) is 4.41. The molecule has 19 heavy (non-hydrogen) atoms. The fourth-order valence-electron chi connectivity index (χ4n) is 3.45. The molecule has 2 aliphatic rings. The molecule has 2 saturated carbocycles. The lowest BCUT2D eigenvalue weighted by Gasteiger charge is -2.32. The second-order valence-electron chi connectivity index (χ2n) is 6.73. The van der Waals surface area contributed by atoms with Gasteiger partial charge in [0.1, 0.15) is 0 Å². The molecule has 1 nitrogen and oxygen atoms in total. The lowest BCUT2D eigenvalue weighted by atomic mass is 9.80. The Labute approximate surface area is 118 Å². The second-order valence-corrected chi connectivity index (χ2v) is 7.89. The molecular formula is C14H24F3NS. The smallest absolute Gasteiger partial charge is 0.316 e. The highest BCUT2D eigenvalue weighted by molar-refractivity contribution is 8.00. The standard InChI is InChI=1S/C14H24F3NS/c1-10(2)8-18-9-13(3-4-19-14(15,16)17)6-11-5-12(11)7-13/h10-12,18H,3-9H2,1-2H3. The van der Waals surface area contributed by atoms with Crippen molar-refractivity contribution in [1.29, 1.82) is 0 Å². The molecule has 0 amide bonds. The predicted molar refractivity (Wildman–Crippen MR) is 74.1 cm³/mol. The Bertz CT molecular complexity index is 294. The Morgan fingerprint density at radius 2 is 1.89 bits per heavy atom. The van der Waals surface area contributed by atoms with Gasteiger partial charge < -0.3 is 5.32 Å². The normalized spacial score (nSPS) is 33.8. The fraction of sp³-hybridized carbons (Fsp3) is 1.00. The van der Waals surface area contributed by atoms with Crippen LogP contribution in [0.25, 0.3) is 0 Å². The van der Waals surface area contributed by atoms with Crippen molar-refractivity contribution >= 4 is 11.8 Å². The highest BCUT2D eigenvalue weighted by Gasteiger charge is 2.53. The van der Waals surface area contributed by atoms with Gasteiger partial charge >= 0.3 is 5.51 Å². The zero-order chi connectivity index (χ0) is 14.1. The molecular weight excluding hydrogens is 271 g/mol. The Morgan fingerprint density at radius 1 is 1.26 bits per heavy atom. The average Bonchev–Trinajstić information content (AvgIpc) is 2.84. The van der Waals surface area contributed by atoms with Crippen molar-refractivity contribution in [2.75, 3.05) is 18.8 Å². The summed E-state index contributed by atoms with van der Waals surface area (Å²) >= 11 is 0.147. The molecule has 0 aromatic rings. The summed E-state index contributed by atoms with van der Waals surface area (Å²) in [5.41, 5.74) is -3.94. The van der Waals surface area contributed by atoms with E-state index in [1.165, 1.54) is 6.42 Å². The first-order chi connectivity index (χ1) is 8.80. The Kier molecular flexibility index (Phi) is 4.76. The molecule has 2 fully saturated rings. The number of alkyl halides is 3. The largest absolute Gasteiger partial charge is 0.441 e. The van der Waals surface area contributed by atoms with Gasteiger partial charge in [0.15, 0.2) is 0 Å². The van der Waals surface area contributed by atoms with E-state index in [-0.39, 0.29) is 22.9 Å².